The van der Waals surface area contributed by atoms with Crippen LogP contribution in [0.5, 0.6) is 11.5 Å². The van der Waals surface area contributed by atoms with Crippen molar-refractivity contribution in [3.8, 4) is 11.5 Å². The van der Waals surface area contributed by atoms with Gasteiger partial charge in [-0.05, 0) is 28.1 Å². The molecule has 28 heavy (non-hydrogen) atoms. The van der Waals surface area contributed by atoms with Crippen LogP contribution in [0.15, 0.2) is 45.7 Å². The highest BCUT2D eigenvalue weighted by molar-refractivity contribution is 9.10. The number of hydrogen-bond acceptors (Lipinski definition) is 6. The molecule has 0 atom stereocenters. The van der Waals surface area contributed by atoms with Gasteiger partial charge in [-0.1, -0.05) is 12.1 Å². The molecule has 0 bridgehead atoms. The van der Waals surface area contributed by atoms with Crippen LogP contribution in [-0.2, 0) is 13.6 Å². The van der Waals surface area contributed by atoms with Crippen molar-refractivity contribution in [2.24, 2.45) is 7.05 Å². The largest absolute Gasteiger partial charge is 0.486 e. The smallest absolute Gasteiger partial charge is 0.262 e. The Morgan fingerprint density at radius 1 is 1.14 bits per heavy atom. The van der Waals surface area contributed by atoms with Gasteiger partial charge in [0.05, 0.1) is 23.1 Å². The topological polar surface area (TPSA) is 82.7 Å². The fourth-order valence-electron chi connectivity index (χ4n) is 3.38. The Labute approximate surface area is 167 Å². The van der Waals surface area contributed by atoms with Crippen LogP contribution in [-0.4, -0.2) is 32.4 Å². The summed E-state index contributed by atoms with van der Waals surface area (Å²) in [6.45, 7) is 1.49. The number of ether oxygens (including phenoxy) is 2. The van der Waals surface area contributed by atoms with Crippen LogP contribution in [0.3, 0.4) is 0 Å². The van der Waals surface area contributed by atoms with Crippen molar-refractivity contribution in [1.82, 2.24) is 19.2 Å². The van der Waals surface area contributed by atoms with Crippen LogP contribution in [0.25, 0.3) is 16.7 Å². The van der Waals surface area contributed by atoms with Crippen LogP contribution < -0.4 is 20.3 Å². The quantitative estimate of drug-likeness (QED) is 0.526. The third kappa shape index (κ3) is 2.62. The monoisotopic (exact) mass is 441 g/mol. The Kier molecular flexibility index (Phi) is 3.97. The van der Waals surface area contributed by atoms with Crippen LogP contribution in [0, 0.1) is 0 Å². The summed E-state index contributed by atoms with van der Waals surface area (Å²) in [6.07, 6.45) is 0. The summed E-state index contributed by atoms with van der Waals surface area (Å²) in [5.41, 5.74) is 1.54. The molecule has 0 amide bonds. The van der Waals surface area contributed by atoms with Crippen molar-refractivity contribution >= 4 is 38.3 Å². The lowest BCUT2D eigenvalue weighted by Gasteiger charge is -2.20. The molecule has 1 N–H and O–H groups in total. The Hall–Kier alpha value is -3.07. The van der Waals surface area contributed by atoms with Gasteiger partial charge in [-0.15, -0.1) is 10.2 Å². The first-order valence-corrected chi connectivity index (χ1v) is 9.57. The number of benzene rings is 2. The first-order valence-electron chi connectivity index (χ1n) is 8.78. The van der Waals surface area contributed by atoms with E-state index in [1.165, 1.54) is 4.57 Å². The van der Waals surface area contributed by atoms with Crippen LogP contribution in [0.4, 0.5) is 5.69 Å². The fraction of sp³-hybridized carbons (Fsp3) is 0.211. The number of nitrogens with zero attached hydrogens (tertiary/aromatic N) is 4. The molecular formula is C19H16BrN5O3. The Morgan fingerprint density at radius 3 is 2.71 bits per heavy atom. The molecule has 5 rings (SSSR count). The molecule has 1 aliphatic rings. The lowest BCUT2D eigenvalue weighted by molar-refractivity contribution is 0.171. The predicted octanol–water partition coefficient (Wildman–Crippen LogP) is 2.73. The highest BCUT2D eigenvalue weighted by Gasteiger charge is 2.17. The van der Waals surface area contributed by atoms with E-state index in [0.29, 0.717) is 42.5 Å². The minimum absolute atomic E-state index is 0.0930. The minimum atomic E-state index is -0.0930. The SMILES string of the molecule is Cn1c(=O)c2ccccc2n2c(CNc3cc4c(cc3Br)OCCO4)nnc12. The van der Waals surface area contributed by atoms with Crippen molar-refractivity contribution < 1.29 is 9.47 Å². The van der Waals surface area contributed by atoms with E-state index in [4.69, 9.17) is 9.47 Å². The number of rotatable bonds is 3. The van der Waals surface area contributed by atoms with E-state index in [9.17, 15) is 4.79 Å². The third-order valence-corrected chi connectivity index (χ3v) is 5.42. The number of aromatic nitrogens is 4. The fourth-order valence-corrected chi connectivity index (χ4v) is 3.84. The zero-order valence-corrected chi connectivity index (χ0v) is 16.6. The summed E-state index contributed by atoms with van der Waals surface area (Å²) in [7, 11) is 1.70. The standard InChI is InChI=1S/C19H16BrN5O3/c1-24-18(26)11-4-2-3-5-14(11)25-17(22-23-19(24)25)10-21-13-9-16-15(8-12(13)20)27-6-7-28-16/h2-5,8-9,21H,6-7,10H2,1H3. The maximum Gasteiger partial charge on any atom is 0.262 e. The summed E-state index contributed by atoms with van der Waals surface area (Å²) in [4.78, 5) is 12.5. The number of para-hydroxylation sites is 1. The second-order valence-electron chi connectivity index (χ2n) is 6.46. The van der Waals surface area contributed by atoms with E-state index in [0.717, 1.165) is 21.4 Å². The highest BCUT2D eigenvalue weighted by Crippen LogP contribution is 2.38. The van der Waals surface area contributed by atoms with Crippen LogP contribution in [0.2, 0.25) is 0 Å². The molecular weight excluding hydrogens is 426 g/mol. The molecule has 0 saturated carbocycles. The van der Waals surface area contributed by atoms with Crippen LogP contribution >= 0.6 is 15.9 Å². The van der Waals surface area contributed by atoms with Gasteiger partial charge in [-0.3, -0.25) is 13.8 Å². The highest BCUT2D eigenvalue weighted by atomic mass is 79.9. The Morgan fingerprint density at radius 2 is 1.89 bits per heavy atom. The van der Waals surface area contributed by atoms with Gasteiger partial charge >= 0.3 is 0 Å². The van der Waals surface area contributed by atoms with E-state index in [1.54, 1.807) is 7.05 Å². The van der Waals surface area contributed by atoms with Gasteiger partial charge in [-0.2, -0.15) is 0 Å². The summed E-state index contributed by atoms with van der Waals surface area (Å²) in [5, 5.41) is 12.5. The summed E-state index contributed by atoms with van der Waals surface area (Å²) in [5.74, 6) is 2.62. The number of nitrogens with one attached hydrogen (secondary N) is 1. The van der Waals surface area contributed by atoms with Crippen molar-refractivity contribution in [2.45, 2.75) is 6.54 Å². The van der Waals surface area contributed by atoms with Crippen LogP contribution in [0.1, 0.15) is 5.82 Å². The second kappa shape index (κ2) is 6.52. The summed E-state index contributed by atoms with van der Waals surface area (Å²) in [6, 6.07) is 11.2. The lowest BCUT2D eigenvalue weighted by Crippen LogP contribution is -2.20. The molecule has 2 aromatic carbocycles. The molecule has 0 aliphatic carbocycles. The molecule has 142 valence electrons. The minimum Gasteiger partial charge on any atom is -0.486 e. The number of hydrogen-bond donors (Lipinski definition) is 1. The Bertz CT molecular complexity index is 1280. The van der Waals surface area contributed by atoms with Crippen molar-refractivity contribution in [3.63, 3.8) is 0 Å². The zero-order chi connectivity index (χ0) is 19.3. The Balaban J connectivity index is 1.56. The average Bonchev–Trinajstić information content (AvgIpc) is 3.15. The summed E-state index contributed by atoms with van der Waals surface area (Å²) >= 11 is 3.56. The van der Waals surface area contributed by atoms with E-state index in [-0.39, 0.29) is 5.56 Å². The van der Waals surface area contributed by atoms with Gasteiger partial charge in [0.2, 0.25) is 5.78 Å². The van der Waals surface area contributed by atoms with Gasteiger partial charge in [0.15, 0.2) is 17.3 Å². The molecule has 0 unspecified atom stereocenters. The first kappa shape index (κ1) is 17.1. The van der Waals surface area contributed by atoms with Gasteiger partial charge < -0.3 is 14.8 Å². The maximum atomic E-state index is 12.5. The molecule has 1 aliphatic heterocycles. The van der Waals surface area contributed by atoms with Gasteiger partial charge in [0, 0.05) is 23.7 Å². The molecule has 0 radical (unpaired) electrons. The first-order chi connectivity index (χ1) is 13.6. The van der Waals surface area contributed by atoms with E-state index < -0.39 is 0 Å². The maximum absolute atomic E-state index is 12.5. The molecule has 4 aromatic rings. The normalized spacial score (nSPS) is 13.2. The predicted molar refractivity (Wildman–Crippen MR) is 108 cm³/mol. The van der Waals surface area contributed by atoms with Gasteiger partial charge in [0.1, 0.15) is 13.2 Å². The van der Waals surface area contributed by atoms with Crippen molar-refractivity contribution in [1.29, 1.82) is 0 Å². The molecule has 0 spiro atoms. The molecule has 3 heterocycles. The molecule has 0 saturated heterocycles. The van der Waals surface area contributed by atoms with Gasteiger partial charge in [-0.25, -0.2) is 0 Å². The van der Waals surface area contributed by atoms with Crippen molar-refractivity contribution in [2.75, 3.05) is 18.5 Å². The lowest BCUT2D eigenvalue weighted by atomic mass is 10.2. The molecule has 2 aromatic heterocycles. The summed E-state index contributed by atoms with van der Waals surface area (Å²) < 4.78 is 15.5. The molecule has 8 nitrogen and oxygen atoms in total. The van der Waals surface area contributed by atoms with Gasteiger partial charge in [0.25, 0.3) is 5.56 Å². The van der Waals surface area contributed by atoms with Crippen molar-refractivity contribution in [3.05, 3.63) is 57.0 Å². The number of fused-ring (bicyclic) bond motifs is 4. The zero-order valence-electron chi connectivity index (χ0n) is 15.0. The number of anilines is 1. The third-order valence-electron chi connectivity index (χ3n) is 4.76. The average molecular weight is 442 g/mol. The molecule has 9 heteroatoms. The van der Waals surface area contributed by atoms with E-state index in [1.807, 2.05) is 40.8 Å². The second-order valence-corrected chi connectivity index (χ2v) is 7.32. The number of aryl methyl sites for hydroxylation is 1. The number of halogens is 1. The van der Waals surface area contributed by atoms with E-state index in [2.05, 4.69) is 31.4 Å². The van der Waals surface area contributed by atoms with E-state index >= 15 is 0 Å². The molecule has 0 fully saturated rings.